The molecule has 0 bridgehead atoms. The molecule has 0 aliphatic heterocycles. The van der Waals surface area contributed by atoms with E-state index in [-0.39, 0.29) is 6.04 Å². The minimum absolute atomic E-state index is 0.0516. The quantitative estimate of drug-likeness (QED) is 0.878. The highest BCUT2D eigenvalue weighted by Gasteiger charge is 2.30. The number of hydrogen-bond acceptors (Lipinski definition) is 3. The van der Waals surface area contributed by atoms with Crippen LogP contribution in [0.4, 0.5) is 0 Å². The van der Waals surface area contributed by atoms with Gasteiger partial charge in [-0.05, 0) is 43.0 Å². The Balaban J connectivity index is 2.10. The Morgan fingerprint density at radius 2 is 1.81 bits per heavy atom. The highest BCUT2D eigenvalue weighted by Crippen LogP contribution is 2.30. The first-order valence-electron chi connectivity index (χ1n) is 7.70. The van der Waals surface area contributed by atoms with Crippen molar-refractivity contribution in [1.29, 1.82) is 0 Å². The SMILES string of the molecule is CNCc1ccc(S(=O)(=O)NC2CCCC(C)C2C)cc1. The molecule has 5 heteroatoms. The van der Waals surface area contributed by atoms with Gasteiger partial charge < -0.3 is 5.32 Å². The molecule has 0 aromatic heterocycles. The van der Waals surface area contributed by atoms with Gasteiger partial charge in [0, 0.05) is 12.6 Å². The second-order valence-electron chi connectivity index (χ2n) is 6.17. The van der Waals surface area contributed by atoms with E-state index in [1.807, 2.05) is 19.2 Å². The largest absolute Gasteiger partial charge is 0.316 e. The van der Waals surface area contributed by atoms with Gasteiger partial charge in [0.05, 0.1) is 4.90 Å². The summed E-state index contributed by atoms with van der Waals surface area (Å²) < 4.78 is 27.9. The molecule has 1 aliphatic carbocycles. The summed E-state index contributed by atoms with van der Waals surface area (Å²) >= 11 is 0. The van der Waals surface area contributed by atoms with Crippen molar-refractivity contribution in [2.75, 3.05) is 7.05 Å². The van der Waals surface area contributed by atoms with Crippen LogP contribution in [0.1, 0.15) is 38.7 Å². The van der Waals surface area contributed by atoms with Gasteiger partial charge >= 0.3 is 0 Å². The summed E-state index contributed by atoms with van der Waals surface area (Å²) in [6.45, 7) is 5.09. The van der Waals surface area contributed by atoms with Gasteiger partial charge in [0.15, 0.2) is 0 Å². The Kier molecular flexibility index (Phi) is 5.41. The van der Waals surface area contributed by atoms with Gasteiger partial charge in [0.1, 0.15) is 0 Å². The van der Waals surface area contributed by atoms with Crippen molar-refractivity contribution in [2.24, 2.45) is 11.8 Å². The van der Waals surface area contributed by atoms with Gasteiger partial charge in [-0.1, -0.05) is 38.8 Å². The Morgan fingerprint density at radius 3 is 2.43 bits per heavy atom. The van der Waals surface area contributed by atoms with Crippen molar-refractivity contribution in [2.45, 2.75) is 50.6 Å². The molecule has 0 spiro atoms. The highest BCUT2D eigenvalue weighted by atomic mass is 32.2. The van der Waals surface area contributed by atoms with Gasteiger partial charge in [-0.25, -0.2) is 13.1 Å². The third-order valence-corrected chi connectivity index (χ3v) is 6.13. The smallest absolute Gasteiger partial charge is 0.240 e. The van der Waals surface area contributed by atoms with Crippen LogP contribution in [0, 0.1) is 11.8 Å². The lowest BCUT2D eigenvalue weighted by Gasteiger charge is -2.34. The summed E-state index contributed by atoms with van der Waals surface area (Å²) in [6.07, 6.45) is 3.22. The monoisotopic (exact) mass is 310 g/mol. The van der Waals surface area contributed by atoms with Crippen LogP contribution in [-0.2, 0) is 16.6 Å². The lowest BCUT2D eigenvalue weighted by atomic mass is 9.78. The maximum absolute atomic E-state index is 12.5. The molecule has 1 aromatic carbocycles. The zero-order valence-corrected chi connectivity index (χ0v) is 13.9. The third kappa shape index (κ3) is 4.05. The molecule has 1 aliphatic rings. The van der Waals surface area contributed by atoms with E-state index in [9.17, 15) is 8.42 Å². The molecule has 118 valence electrons. The topological polar surface area (TPSA) is 58.2 Å². The van der Waals surface area contributed by atoms with Crippen LogP contribution in [-0.4, -0.2) is 21.5 Å². The van der Waals surface area contributed by atoms with Crippen LogP contribution < -0.4 is 10.0 Å². The van der Waals surface area contributed by atoms with Gasteiger partial charge in [-0.3, -0.25) is 0 Å². The summed E-state index contributed by atoms with van der Waals surface area (Å²) in [4.78, 5) is 0.354. The third-order valence-electron chi connectivity index (χ3n) is 4.63. The molecule has 1 fully saturated rings. The molecule has 4 nitrogen and oxygen atoms in total. The number of rotatable bonds is 5. The van der Waals surface area contributed by atoms with E-state index >= 15 is 0 Å². The van der Waals surface area contributed by atoms with Gasteiger partial charge in [0.25, 0.3) is 0 Å². The van der Waals surface area contributed by atoms with Crippen molar-refractivity contribution < 1.29 is 8.42 Å². The van der Waals surface area contributed by atoms with E-state index in [1.54, 1.807) is 12.1 Å². The normalized spacial score (nSPS) is 26.7. The van der Waals surface area contributed by atoms with E-state index in [0.717, 1.165) is 24.9 Å². The average molecular weight is 310 g/mol. The van der Waals surface area contributed by atoms with E-state index in [0.29, 0.717) is 16.7 Å². The fourth-order valence-corrected chi connectivity index (χ4v) is 4.37. The Morgan fingerprint density at radius 1 is 1.14 bits per heavy atom. The van der Waals surface area contributed by atoms with Crippen LogP contribution in [0.5, 0.6) is 0 Å². The summed E-state index contributed by atoms with van der Waals surface area (Å²) in [6, 6.07) is 7.14. The summed E-state index contributed by atoms with van der Waals surface area (Å²) in [7, 11) is -1.55. The predicted octanol–water partition coefficient (Wildman–Crippen LogP) is 2.51. The molecule has 2 N–H and O–H groups in total. The predicted molar refractivity (Wildman–Crippen MR) is 85.5 cm³/mol. The molecule has 3 atom stereocenters. The molecule has 2 rings (SSSR count). The first kappa shape index (κ1) is 16.5. The van der Waals surface area contributed by atoms with Gasteiger partial charge in [0.2, 0.25) is 10.0 Å². The Bertz CT molecular complexity index is 554. The van der Waals surface area contributed by atoms with E-state index < -0.39 is 10.0 Å². The summed E-state index contributed by atoms with van der Waals surface area (Å²) in [5.74, 6) is 0.960. The molecule has 3 unspecified atom stereocenters. The van der Waals surface area contributed by atoms with Gasteiger partial charge in [-0.2, -0.15) is 0 Å². The second kappa shape index (κ2) is 6.90. The van der Waals surface area contributed by atoms with Crippen LogP contribution in [0.2, 0.25) is 0 Å². The molecule has 0 saturated heterocycles. The first-order chi connectivity index (χ1) is 9.94. The van der Waals surface area contributed by atoms with Crippen molar-refractivity contribution >= 4 is 10.0 Å². The lowest BCUT2D eigenvalue weighted by Crippen LogP contribution is -2.43. The zero-order chi connectivity index (χ0) is 15.5. The minimum Gasteiger partial charge on any atom is -0.316 e. The van der Waals surface area contributed by atoms with E-state index in [4.69, 9.17) is 0 Å². The fourth-order valence-electron chi connectivity index (χ4n) is 3.01. The summed E-state index contributed by atoms with van der Waals surface area (Å²) in [5, 5.41) is 3.05. The molecule has 0 amide bonds. The van der Waals surface area contributed by atoms with Gasteiger partial charge in [-0.15, -0.1) is 0 Å². The van der Waals surface area contributed by atoms with E-state index in [1.165, 1.54) is 6.42 Å². The minimum atomic E-state index is -3.42. The van der Waals surface area contributed by atoms with Crippen molar-refractivity contribution in [3.63, 3.8) is 0 Å². The number of sulfonamides is 1. The molecule has 1 aromatic rings. The Labute approximate surface area is 128 Å². The first-order valence-corrected chi connectivity index (χ1v) is 9.18. The number of nitrogens with one attached hydrogen (secondary N) is 2. The maximum atomic E-state index is 12.5. The highest BCUT2D eigenvalue weighted by molar-refractivity contribution is 7.89. The van der Waals surface area contributed by atoms with Crippen LogP contribution in [0.25, 0.3) is 0 Å². The number of hydrogen-bond donors (Lipinski definition) is 2. The average Bonchev–Trinajstić information content (AvgIpc) is 2.45. The zero-order valence-electron chi connectivity index (χ0n) is 13.1. The van der Waals surface area contributed by atoms with Crippen molar-refractivity contribution in [3.8, 4) is 0 Å². The lowest BCUT2D eigenvalue weighted by molar-refractivity contribution is 0.227. The molecule has 0 radical (unpaired) electrons. The second-order valence-corrected chi connectivity index (χ2v) is 7.88. The standard InChI is InChI=1S/C16H26N2O2S/c1-12-5-4-6-16(13(12)2)18-21(19,20)15-9-7-14(8-10-15)11-17-3/h7-10,12-13,16-18H,4-6,11H2,1-3H3. The van der Waals surface area contributed by atoms with Crippen molar-refractivity contribution in [3.05, 3.63) is 29.8 Å². The molecule has 1 saturated carbocycles. The number of benzene rings is 1. The molecular formula is C16H26N2O2S. The van der Waals surface area contributed by atoms with Crippen molar-refractivity contribution in [1.82, 2.24) is 10.0 Å². The molecule has 0 heterocycles. The van der Waals surface area contributed by atoms with Crippen LogP contribution in [0.15, 0.2) is 29.2 Å². The van der Waals surface area contributed by atoms with Crippen LogP contribution >= 0.6 is 0 Å². The summed E-state index contributed by atoms with van der Waals surface area (Å²) in [5.41, 5.74) is 1.08. The fraction of sp³-hybridized carbons (Fsp3) is 0.625. The molecular weight excluding hydrogens is 284 g/mol. The maximum Gasteiger partial charge on any atom is 0.240 e. The van der Waals surface area contributed by atoms with E-state index in [2.05, 4.69) is 23.9 Å². The van der Waals surface area contributed by atoms with Crippen LogP contribution in [0.3, 0.4) is 0 Å². The molecule has 21 heavy (non-hydrogen) atoms. The Hall–Kier alpha value is -0.910.